The first-order valence-electron chi connectivity index (χ1n) is 4.04. The normalized spacial score (nSPS) is 10.5. The highest BCUT2D eigenvalue weighted by Gasteiger charge is 2.10. The third kappa shape index (κ3) is 1.73. The van der Waals surface area contributed by atoms with Crippen LogP contribution in [0, 0.1) is 0 Å². The molecule has 1 N–H and O–H groups in total. The number of halogens is 1. The zero-order valence-corrected chi connectivity index (χ0v) is 8.93. The highest BCUT2D eigenvalue weighted by Crippen LogP contribution is 2.17. The van der Waals surface area contributed by atoms with E-state index in [9.17, 15) is 4.79 Å². The number of rotatable bonds is 1. The third-order valence-corrected chi connectivity index (χ3v) is 2.42. The van der Waals surface area contributed by atoms with Crippen LogP contribution < -0.4 is 5.43 Å². The Bertz CT molecular complexity index is 603. The molecule has 0 aliphatic carbocycles. The van der Waals surface area contributed by atoms with Gasteiger partial charge in [-0.1, -0.05) is 11.6 Å². The molecule has 15 heavy (non-hydrogen) atoms. The van der Waals surface area contributed by atoms with Crippen LogP contribution in [-0.2, 0) is 0 Å². The first-order chi connectivity index (χ1) is 7.09. The molecule has 3 nitrogen and oxygen atoms in total. The third-order valence-electron chi connectivity index (χ3n) is 1.97. The summed E-state index contributed by atoms with van der Waals surface area (Å²) in [6.45, 7) is 0. The highest BCUT2D eigenvalue weighted by molar-refractivity contribution is 7.80. The second-order valence-electron chi connectivity index (χ2n) is 2.92. The summed E-state index contributed by atoms with van der Waals surface area (Å²) in [7, 11) is 0. The highest BCUT2D eigenvalue weighted by atomic mass is 35.5. The van der Waals surface area contributed by atoms with Gasteiger partial charge < -0.3 is 9.52 Å². The summed E-state index contributed by atoms with van der Waals surface area (Å²) in [6, 6.07) is 4.68. The quantitative estimate of drug-likeness (QED) is 0.779. The topological polar surface area (TPSA) is 50.4 Å². The Morgan fingerprint density at radius 1 is 1.47 bits per heavy atom. The van der Waals surface area contributed by atoms with Crippen molar-refractivity contribution in [3.8, 4) is 0 Å². The van der Waals surface area contributed by atoms with Gasteiger partial charge in [0.05, 0.1) is 5.39 Å². The molecule has 0 bridgehead atoms. The summed E-state index contributed by atoms with van der Waals surface area (Å²) in [6.07, 6.45) is 1.14. The molecular formula is C10H5ClO3S. The fourth-order valence-corrected chi connectivity index (χ4v) is 1.56. The van der Waals surface area contributed by atoms with Crippen molar-refractivity contribution in [1.82, 2.24) is 0 Å². The Labute approximate surface area is 94.9 Å². The molecule has 0 amide bonds. The molecule has 0 spiro atoms. The number of hydrogen-bond donors (Lipinski definition) is 1. The molecule has 0 atom stereocenters. The Morgan fingerprint density at radius 3 is 2.87 bits per heavy atom. The Hall–Kier alpha value is -1.39. The van der Waals surface area contributed by atoms with Crippen LogP contribution in [0.15, 0.2) is 33.7 Å². The lowest BCUT2D eigenvalue weighted by molar-refractivity contribution is 0.558. The van der Waals surface area contributed by atoms with Crippen LogP contribution in [0.1, 0.15) is 5.56 Å². The standard InChI is InChI=1S/C10H5ClO3S/c11-5-1-2-8-6(3-5)9(12)7(4-14-8)10(13)15/h1-4H,(H,13,15). The number of thiocarbonyl (C=S) groups is 1. The summed E-state index contributed by atoms with van der Waals surface area (Å²) in [4.78, 5) is 11.8. The van der Waals surface area contributed by atoms with Crippen LogP contribution in [0.5, 0.6) is 0 Å². The molecule has 0 saturated heterocycles. The van der Waals surface area contributed by atoms with Crippen LogP contribution in [0.25, 0.3) is 11.0 Å². The minimum atomic E-state index is -0.481. The smallest absolute Gasteiger partial charge is 0.204 e. The Kier molecular flexibility index (Phi) is 2.46. The maximum absolute atomic E-state index is 11.8. The number of aliphatic hydroxyl groups is 1. The number of hydrogen-bond acceptors (Lipinski definition) is 3. The zero-order chi connectivity index (χ0) is 11.0. The van der Waals surface area contributed by atoms with Gasteiger partial charge in [-0.2, -0.15) is 0 Å². The van der Waals surface area contributed by atoms with E-state index < -0.39 is 5.05 Å². The average molecular weight is 241 g/mol. The van der Waals surface area contributed by atoms with Crippen molar-refractivity contribution in [2.75, 3.05) is 0 Å². The van der Waals surface area contributed by atoms with Gasteiger partial charge in [0.2, 0.25) is 5.43 Å². The maximum Gasteiger partial charge on any atom is 0.204 e. The second kappa shape index (κ2) is 3.64. The number of fused-ring (bicyclic) bond motifs is 1. The lowest BCUT2D eigenvalue weighted by Gasteiger charge is -1.99. The Morgan fingerprint density at radius 2 is 2.20 bits per heavy atom. The fourth-order valence-electron chi connectivity index (χ4n) is 1.25. The average Bonchev–Trinajstić information content (AvgIpc) is 2.19. The molecule has 0 aliphatic heterocycles. The van der Waals surface area contributed by atoms with Gasteiger partial charge in [-0.3, -0.25) is 4.79 Å². The molecule has 1 aromatic heterocycles. The van der Waals surface area contributed by atoms with Crippen molar-refractivity contribution in [3.63, 3.8) is 0 Å². The molecule has 2 aromatic rings. The molecule has 2 rings (SSSR count). The van der Waals surface area contributed by atoms with E-state index in [1.54, 1.807) is 12.1 Å². The van der Waals surface area contributed by atoms with Gasteiger partial charge >= 0.3 is 0 Å². The fraction of sp³-hybridized carbons (Fsp3) is 0. The summed E-state index contributed by atoms with van der Waals surface area (Å²) in [5, 5.41) is 9.32. The minimum absolute atomic E-state index is 0.0280. The maximum atomic E-state index is 11.8. The van der Waals surface area contributed by atoms with Gasteiger partial charge in [-0.05, 0) is 30.4 Å². The first kappa shape index (κ1) is 10.1. The molecule has 5 heteroatoms. The molecule has 76 valence electrons. The monoisotopic (exact) mass is 240 g/mol. The van der Waals surface area contributed by atoms with Crippen molar-refractivity contribution in [2.24, 2.45) is 0 Å². The summed E-state index contributed by atoms with van der Waals surface area (Å²) in [5.74, 6) is 0. The second-order valence-corrected chi connectivity index (χ2v) is 3.75. The number of benzene rings is 1. The van der Waals surface area contributed by atoms with E-state index in [-0.39, 0.29) is 11.0 Å². The van der Waals surface area contributed by atoms with Crippen molar-refractivity contribution in [3.05, 3.63) is 45.3 Å². The van der Waals surface area contributed by atoms with Crippen molar-refractivity contribution in [1.29, 1.82) is 0 Å². The largest absolute Gasteiger partial charge is 0.498 e. The molecule has 0 saturated carbocycles. The van der Waals surface area contributed by atoms with Crippen molar-refractivity contribution < 1.29 is 9.52 Å². The molecule has 1 heterocycles. The van der Waals surface area contributed by atoms with E-state index in [1.807, 2.05) is 0 Å². The van der Waals surface area contributed by atoms with Crippen molar-refractivity contribution in [2.45, 2.75) is 0 Å². The van der Waals surface area contributed by atoms with Gasteiger partial charge in [0.15, 0.2) is 5.05 Å². The summed E-state index contributed by atoms with van der Waals surface area (Å²) in [5.41, 5.74) is -0.00424. The van der Waals surface area contributed by atoms with Crippen LogP contribution in [-0.4, -0.2) is 10.2 Å². The van der Waals surface area contributed by atoms with Gasteiger partial charge in [0.25, 0.3) is 0 Å². The predicted molar refractivity (Wildman–Crippen MR) is 61.8 cm³/mol. The molecule has 0 radical (unpaired) electrons. The lowest BCUT2D eigenvalue weighted by atomic mass is 10.2. The molecule has 0 unspecified atom stereocenters. The van der Waals surface area contributed by atoms with Crippen LogP contribution >= 0.6 is 23.8 Å². The van der Waals surface area contributed by atoms with E-state index in [0.717, 1.165) is 6.26 Å². The zero-order valence-electron chi connectivity index (χ0n) is 7.36. The van der Waals surface area contributed by atoms with Gasteiger partial charge in [0.1, 0.15) is 17.4 Å². The molecule has 0 fully saturated rings. The van der Waals surface area contributed by atoms with E-state index in [0.29, 0.717) is 16.0 Å². The molecule has 1 aromatic carbocycles. The molecular weight excluding hydrogens is 236 g/mol. The lowest BCUT2D eigenvalue weighted by Crippen LogP contribution is -2.13. The predicted octanol–water partition coefficient (Wildman–Crippen LogP) is 2.68. The van der Waals surface area contributed by atoms with Crippen LogP contribution in [0.2, 0.25) is 5.02 Å². The summed E-state index contributed by atoms with van der Waals surface area (Å²) < 4.78 is 5.13. The van der Waals surface area contributed by atoms with E-state index >= 15 is 0 Å². The first-order valence-corrected chi connectivity index (χ1v) is 4.82. The SMILES string of the molecule is O=c1c(C(O)=S)coc2ccc(Cl)cc12. The van der Waals surface area contributed by atoms with Gasteiger partial charge in [-0.25, -0.2) is 0 Å². The van der Waals surface area contributed by atoms with Gasteiger partial charge in [0, 0.05) is 5.02 Å². The van der Waals surface area contributed by atoms with Gasteiger partial charge in [-0.15, -0.1) is 0 Å². The van der Waals surface area contributed by atoms with E-state index in [4.69, 9.17) is 21.1 Å². The van der Waals surface area contributed by atoms with E-state index in [2.05, 4.69) is 12.2 Å². The summed E-state index contributed by atoms with van der Waals surface area (Å²) >= 11 is 10.3. The minimum Gasteiger partial charge on any atom is -0.498 e. The number of aliphatic hydroxyl groups excluding tert-OH is 1. The van der Waals surface area contributed by atoms with Crippen LogP contribution in [0.3, 0.4) is 0 Å². The van der Waals surface area contributed by atoms with Crippen LogP contribution in [0.4, 0.5) is 0 Å². The van der Waals surface area contributed by atoms with Crippen molar-refractivity contribution >= 4 is 39.8 Å². The van der Waals surface area contributed by atoms with E-state index in [1.165, 1.54) is 6.07 Å². The Balaban J connectivity index is 2.89. The molecule has 0 aliphatic rings.